The van der Waals surface area contributed by atoms with Crippen LogP contribution in [0.15, 0.2) is 36.9 Å². The van der Waals surface area contributed by atoms with E-state index >= 15 is 0 Å². The maximum Gasteiger partial charge on any atom is 0.255 e. The quantitative estimate of drug-likeness (QED) is 0.848. The summed E-state index contributed by atoms with van der Waals surface area (Å²) in [6.45, 7) is 1.00. The average Bonchev–Trinajstić information content (AvgIpc) is 2.62. The number of hydrogen-bond donors (Lipinski definition) is 2. The van der Waals surface area contributed by atoms with Crippen molar-refractivity contribution in [3.05, 3.63) is 42.5 Å². The average molecular weight is 256 g/mol. The second-order valence-corrected chi connectivity index (χ2v) is 4.07. The van der Waals surface area contributed by atoms with Crippen LogP contribution in [-0.2, 0) is 0 Å². The topological polar surface area (TPSA) is 76.1 Å². The van der Waals surface area contributed by atoms with E-state index < -0.39 is 0 Å². The molecule has 1 aromatic carbocycles. The highest BCUT2D eigenvalue weighted by Gasteiger charge is 2.16. The highest BCUT2D eigenvalue weighted by molar-refractivity contribution is 5.98. The Balaban J connectivity index is 1.90. The smallest absolute Gasteiger partial charge is 0.255 e. The second kappa shape index (κ2) is 4.93. The Kier molecular flexibility index (Phi) is 2.97. The Hall–Kier alpha value is -2.63. The van der Waals surface area contributed by atoms with Gasteiger partial charge < -0.3 is 15.4 Å². The minimum Gasteiger partial charge on any atom is -0.491 e. The van der Waals surface area contributed by atoms with Gasteiger partial charge in [0, 0.05) is 5.69 Å². The molecule has 2 aromatic rings. The summed E-state index contributed by atoms with van der Waals surface area (Å²) in [5.74, 6) is 0.477. The number of rotatable bonds is 2. The lowest BCUT2D eigenvalue weighted by molar-refractivity contribution is 0.0957. The van der Waals surface area contributed by atoms with Crippen LogP contribution in [0.5, 0.6) is 5.75 Å². The number of nitrogens with one attached hydrogen (secondary N) is 2. The lowest BCUT2D eigenvalue weighted by atomic mass is 10.1. The number of anilines is 2. The zero-order chi connectivity index (χ0) is 13.1. The molecule has 0 saturated heterocycles. The van der Waals surface area contributed by atoms with Gasteiger partial charge in [-0.2, -0.15) is 0 Å². The maximum atomic E-state index is 11.9. The van der Waals surface area contributed by atoms with Gasteiger partial charge in [0.05, 0.1) is 30.2 Å². The Morgan fingerprint density at radius 1 is 1.21 bits per heavy atom. The molecule has 0 spiro atoms. The van der Waals surface area contributed by atoms with Crippen LogP contribution in [0.2, 0.25) is 0 Å². The van der Waals surface area contributed by atoms with E-state index in [1.54, 1.807) is 24.5 Å². The lowest BCUT2D eigenvalue weighted by Crippen LogP contribution is -2.24. The summed E-state index contributed by atoms with van der Waals surface area (Å²) in [6.07, 6.45) is 4.79. The predicted octanol–water partition coefficient (Wildman–Crippen LogP) is 1.34. The molecule has 0 saturated carbocycles. The third kappa shape index (κ3) is 2.47. The molecule has 1 aliphatic rings. The molecule has 0 bridgehead atoms. The highest BCUT2D eigenvalue weighted by Crippen LogP contribution is 2.25. The van der Waals surface area contributed by atoms with Gasteiger partial charge in [-0.15, -0.1) is 0 Å². The van der Waals surface area contributed by atoms with Gasteiger partial charge in [-0.3, -0.25) is 4.79 Å². The zero-order valence-corrected chi connectivity index (χ0v) is 10.1. The third-order valence-electron chi connectivity index (χ3n) is 2.72. The van der Waals surface area contributed by atoms with E-state index in [0.717, 1.165) is 11.4 Å². The van der Waals surface area contributed by atoms with E-state index in [4.69, 9.17) is 4.74 Å². The monoisotopic (exact) mass is 256 g/mol. The molecule has 0 aliphatic carbocycles. The molecule has 3 rings (SSSR count). The van der Waals surface area contributed by atoms with E-state index in [-0.39, 0.29) is 5.91 Å². The number of hydrogen-bond acceptors (Lipinski definition) is 5. The van der Waals surface area contributed by atoms with Gasteiger partial charge in [-0.25, -0.2) is 9.97 Å². The van der Waals surface area contributed by atoms with Crippen LogP contribution in [0.3, 0.4) is 0 Å². The molecule has 2 heterocycles. The molecular formula is C13H12N4O2. The number of aromatic nitrogens is 2. The van der Waals surface area contributed by atoms with Gasteiger partial charge in [0.1, 0.15) is 18.7 Å². The molecule has 1 amide bonds. The van der Waals surface area contributed by atoms with Gasteiger partial charge in [-0.05, 0) is 18.2 Å². The van der Waals surface area contributed by atoms with Crippen molar-refractivity contribution < 1.29 is 9.53 Å². The van der Waals surface area contributed by atoms with Crippen molar-refractivity contribution >= 4 is 17.3 Å². The van der Waals surface area contributed by atoms with Gasteiger partial charge in [-0.1, -0.05) is 0 Å². The largest absolute Gasteiger partial charge is 0.491 e. The first-order valence-electron chi connectivity index (χ1n) is 5.90. The van der Waals surface area contributed by atoms with Gasteiger partial charge in [0.2, 0.25) is 0 Å². The van der Waals surface area contributed by atoms with Crippen molar-refractivity contribution in [2.75, 3.05) is 18.5 Å². The molecule has 2 N–H and O–H groups in total. The van der Waals surface area contributed by atoms with Crippen LogP contribution in [0.1, 0.15) is 10.4 Å². The van der Waals surface area contributed by atoms with Crippen molar-refractivity contribution in [2.45, 2.75) is 0 Å². The van der Waals surface area contributed by atoms with Crippen LogP contribution in [0.25, 0.3) is 0 Å². The lowest BCUT2D eigenvalue weighted by Gasteiger charge is -2.09. The van der Waals surface area contributed by atoms with Crippen molar-refractivity contribution in [1.29, 1.82) is 0 Å². The summed E-state index contributed by atoms with van der Waals surface area (Å²) in [7, 11) is 0. The van der Waals surface area contributed by atoms with Gasteiger partial charge in [0.15, 0.2) is 0 Å². The number of carbonyl (C=O) groups excluding carboxylic acids is 1. The van der Waals surface area contributed by atoms with E-state index in [0.29, 0.717) is 24.5 Å². The summed E-state index contributed by atoms with van der Waals surface area (Å²) in [4.78, 5) is 19.7. The molecule has 1 aliphatic heterocycles. The molecule has 1 aromatic heterocycles. The van der Waals surface area contributed by atoms with Crippen LogP contribution in [0.4, 0.5) is 11.4 Å². The first kappa shape index (κ1) is 11.5. The van der Waals surface area contributed by atoms with Crippen LogP contribution in [0, 0.1) is 0 Å². The van der Waals surface area contributed by atoms with Crippen molar-refractivity contribution in [3.63, 3.8) is 0 Å². The van der Waals surface area contributed by atoms with Crippen LogP contribution in [-0.4, -0.2) is 29.0 Å². The summed E-state index contributed by atoms with van der Waals surface area (Å²) >= 11 is 0. The standard InChI is InChI=1S/C13H12N4O2/c18-13-11-5-9(17-10-6-14-8-15-7-10)1-2-12(11)19-4-3-16-13/h1-2,5-8,17H,3-4H2,(H,16,18). The molecule has 19 heavy (non-hydrogen) atoms. The van der Waals surface area contributed by atoms with Gasteiger partial charge in [0.25, 0.3) is 5.91 Å². The molecular weight excluding hydrogens is 244 g/mol. The molecule has 6 nitrogen and oxygen atoms in total. The molecule has 96 valence electrons. The van der Waals surface area contributed by atoms with Crippen molar-refractivity contribution in [1.82, 2.24) is 15.3 Å². The summed E-state index contributed by atoms with van der Waals surface area (Å²) < 4.78 is 5.49. The number of nitrogens with zero attached hydrogens (tertiary/aromatic N) is 2. The normalized spacial score (nSPS) is 13.8. The molecule has 0 atom stereocenters. The molecule has 0 fully saturated rings. The van der Waals surface area contributed by atoms with Gasteiger partial charge >= 0.3 is 0 Å². The predicted molar refractivity (Wildman–Crippen MR) is 69.6 cm³/mol. The second-order valence-electron chi connectivity index (χ2n) is 4.07. The molecule has 6 heteroatoms. The fourth-order valence-electron chi connectivity index (χ4n) is 1.86. The molecule has 0 unspecified atom stereocenters. The minimum atomic E-state index is -0.125. The highest BCUT2D eigenvalue weighted by atomic mass is 16.5. The number of amides is 1. The Labute approximate surface area is 109 Å². The minimum absolute atomic E-state index is 0.125. The number of fused-ring (bicyclic) bond motifs is 1. The van der Waals surface area contributed by atoms with Crippen molar-refractivity contribution in [3.8, 4) is 5.75 Å². The number of carbonyl (C=O) groups is 1. The summed E-state index contributed by atoms with van der Waals surface area (Å²) in [6, 6.07) is 5.39. The summed E-state index contributed by atoms with van der Waals surface area (Å²) in [5, 5.41) is 5.91. The van der Waals surface area contributed by atoms with E-state index in [1.807, 2.05) is 6.07 Å². The third-order valence-corrected chi connectivity index (χ3v) is 2.72. The van der Waals surface area contributed by atoms with Crippen LogP contribution >= 0.6 is 0 Å². The number of ether oxygens (including phenoxy) is 1. The van der Waals surface area contributed by atoms with E-state index in [2.05, 4.69) is 20.6 Å². The fourth-order valence-corrected chi connectivity index (χ4v) is 1.86. The van der Waals surface area contributed by atoms with Crippen molar-refractivity contribution in [2.24, 2.45) is 0 Å². The SMILES string of the molecule is O=C1NCCOc2ccc(Nc3cncnc3)cc21. The Bertz CT molecular complexity index is 601. The number of benzene rings is 1. The van der Waals surface area contributed by atoms with E-state index in [9.17, 15) is 4.79 Å². The Morgan fingerprint density at radius 2 is 2.05 bits per heavy atom. The fraction of sp³-hybridized carbons (Fsp3) is 0.154. The first-order chi connectivity index (χ1) is 9.33. The first-order valence-corrected chi connectivity index (χ1v) is 5.90. The Morgan fingerprint density at radius 3 is 2.89 bits per heavy atom. The maximum absolute atomic E-state index is 11.9. The van der Waals surface area contributed by atoms with E-state index in [1.165, 1.54) is 6.33 Å². The van der Waals surface area contributed by atoms with Crippen LogP contribution < -0.4 is 15.4 Å². The summed E-state index contributed by atoms with van der Waals surface area (Å²) in [5.41, 5.74) is 2.07. The molecule has 0 radical (unpaired) electrons. The zero-order valence-electron chi connectivity index (χ0n) is 10.1.